The number of nitrogens with two attached hydrogens (primary N) is 1. The van der Waals surface area contributed by atoms with Crippen LogP contribution in [0.25, 0.3) is 0 Å². The summed E-state index contributed by atoms with van der Waals surface area (Å²) in [4.78, 5) is 4.43. The lowest BCUT2D eigenvalue weighted by molar-refractivity contribution is 0.363. The van der Waals surface area contributed by atoms with Crippen molar-refractivity contribution in [1.29, 1.82) is 0 Å². The van der Waals surface area contributed by atoms with Gasteiger partial charge in [-0.25, -0.2) is 4.98 Å². The number of hydrogen-bond acceptors (Lipinski definition) is 3. The molecule has 4 heteroatoms. The molecule has 0 radical (unpaired) electrons. The van der Waals surface area contributed by atoms with E-state index in [0.29, 0.717) is 5.92 Å². The van der Waals surface area contributed by atoms with Gasteiger partial charge in [0.25, 0.3) is 0 Å². The van der Waals surface area contributed by atoms with Crippen molar-refractivity contribution >= 4 is 0 Å². The maximum Gasteiger partial charge on any atom is 0.128 e. The van der Waals surface area contributed by atoms with E-state index >= 15 is 0 Å². The van der Waals surface area contributed by atoms with Crippen molar-refractivity contribution in [3.8, 4) is 0 Å². The largest absolute Gasteiger partial charge is 0.467 e. The summed E-state index contributed by atoms with van der Waals surface area (Å²) in [5.74, 6) is 2.30. The van der Waals surface area contributed by atoms with Crippen LogP contribution in [0.1, 0.15) is 50.7 Å². The first-order valence-corrected chi connectivity index (χ1v) is 6.46. The fourth-order valence-corrected chi connectivity index (χ4v) is 2.24. The maximum absolute atomic E-state index is 6.26. The first-order chi connectivity index (χ1) is 8.65. The zero-order valence-corrected chi connectivity index (χ0v) is 11.2. The van der Waals surface area contributed by atoms with Gasteiger partial charge in [0.05, 0.1) is 6.26 Å². The molecule has 2 rings (SSSR count). The lowest BCUT2D eigenvalue weighted by atomic mass is 10.0. The van der Waals surface area contributed by atoms with Crippen LogP contribution < -0.4 is 5.73 Å². The Hall–Kier alpha value is -1.55. The fraction of sp³-hybridized carbons (Fsp3) is 0.500. The van der Waals surface area contributed by atoms with Crippen LogP contribution in [0.15, 0.2) is 35.2 Å². The Morgan fingerprint density at radius 2 is 2.22 bits per heavy atom. The summed E-state index contributed by atoms with van der Waals surface area (Å²) >= 11 is 0. The van der Waals surface area contributed by atoms with Crippen molar-refractivity contribution < 1.29 is 4.42 Å². The zero-order valence-electron chi connectivity index (χ0n) is 11.2. The molecule has 2 unspecified atom stereocenters. The van der Waals surface area contributed by atoms with Gasteiger partial charge >= 0.3 is 0 Å². The van der Waals surface area contributed by atoms with Crippen LogP contribution in [0.3, 0.4) is 0 Å². The van der Waals surface area contributed by atoms with Crippen LogP contribution in [0.5, 0.6) is 0 Å². The second kappa shape index (κ2) is 5.40. The summed E-state index contributed by atoms with van der Waals surface area (Å²) in [7, 11) is 0. The topological polar surface area (TPSA) is 57.0 Å². The van der Waals surface area contributed by atoms with E-state index in [0.717, 1.165) is 18.0 Å². The second-order valence-electron chi connectivity index (χ2n) is 4.88. The van der Waals surface area contributed by atoms with E-state index in [1.165, 1.54) is 0 Å². The van der Waals surface area contributed by atoms with E-state index in [9.17, 15) is 0 Å². The molecular formula is C14H21N3O. The lowest BCUT2D eigenvalue weighted by Crippen LogP contribution is -2.33. The third-order valence-corrected chi connectivity index (χ3v) is 3.23. The van der Waals surface area contributed by atoms with Crippen molar-refractivity contribution in [2.45, 2.75) is 45.2 Å². The van der Waals surface area contributed by atoms with E-state index in [-0.39, 0.29) is 12.1 Å². The Labute approximate surface area is 108 Å². The van der Waals surface area contributed by atoms with Crippen molar-refractivity contribution in [1.82, 2.24) is 9.55 Å². The van der Waals surface area contributed by atoms with Crippen LogP contribution in [0, 0.1) is 0 Å². The molecule has 2 heterocycles. The van der Waals surface area contributed by atoms with Gasteiger partial charge in [-0.15, -0.1) is 0 Å². The smallest absolute Gasteiger partial charge is 0.128 e. The minimum Gasteiger partial charge on any atom is -0.467 e. The molecule has 0 aromatic carbocycles. The Bertz CT molecular complexity index is 473. The van der Waals surface area contributed by atoms with Crippen molar-refractivity contribution in [2.75, 3.05) is 0 Å². The summed E-state index contributed by atoms with van der Waals surface area (Å²) in [5.41, 5.74) is 6.26. The van der Waals surface area contributed by atoms with Gasteiger partial charge in [0.15, 0.2) is 0 Å². The summed E-state index contributed by atoms with van der Waals surface area (Å²) in [6.45, 7) is 6.36. The molecular weight excluding hydrogens is 226 g/mol. The number of hydrogen-bond donors (Lipinski definition) is 1. The average molecular weight is 247 g/mol. The van der Waals surface area contributed by atoms with Gasteiger partial charge in [-0.1, -0.05) is 20.8 Å². The molecule has 0 fully saturated rings. The Morgan fingerprint density at radius 1 is 1.44 bits per heavy atom. The van der Waals surface area contributed by atoms with E-state index in [4.69, 9.17) is 10.2 Å². The summed E-state index contributed by atoms with van der Waals surface area (Å²) < 4.78 is 7.69. The zero-order chi connectivity index (χ0) is 13.1. The van der Waals surface area contributed by atoms with Gasteiger partial charge in [0, 0.05) is 24.4 Å². The Balaban J connectivity index is 2.43. The number of nitrogens with zero attached hydrogens (tertiary/aromatic N) is 2. The van der Waals surface area contributed by atoms with Gasteiger partial charge in [-0.3, -0.25) is 0 Å². The molecule has 0 saturated carbocycles. The van der Waals surface area contributed by atoms with Gasteiger partial charge in [0.1, 0.15) is 17.6 Å². The molecule has 0 amide bonds. The van der Waals surface area contributed by atoms with Gasteiger partial charge in [0.2, 0.25) is 0 Å². The highest BCUT2D eigenvalue weighted by Gasteiger charge is 2.25. The Morgan fingerprint density at radius 3 is 2.78 bits per heavy atom. The molecule has 2 aromatic heterocycles. The highest BCUT2D eigenvalue weighted by molar-refractivity contribution is 5.13. The molecule has 4 nitrogen and oxygen atoms in total. The molecule has 2 atom stereocenters. The summed E-state index contributed by atoms with van der Waals surface area (Å²) in [6.07, 6.45) is 6.39. The standard InChI is InChI=1S/C14H21N3O/c1-4-11(15)13(12-6-5-9-18-12)17-8-7-16-14(17)10(2)3/h5-11,13H,4,15H2,1-3H3. The molecule has 0 aliphatic rings. The lowest BCUT2D eigenvalue weighted by Gasteiger charge is -2.25. The quantitative estimate of drug-likeness (QED) is 0.883. The highest BCUT2D eigenvalue weighted by atomic mass is 16.3. The predicted octanol–water partition coefficient (Wildman–Crippen LogP) is 2.93. The molecule has 18 heavy (non-hydrogen) atoms. The minimum absolute atomic E-state index is 0.0165. The third-order valence-electron chi connectivity index (χ3n) is 3.23. The van der Waals surface area contributed by atoms with Crippen LogP contribution in [0.2, 0.25) is 0 Å². The minimum atomic E-state index is 0.0165. The SMILES string of the molecule is CCC(N)C(c1ccco1)n1ccnc1C(C)C. The molecule has 0 spiro atoms. The number of imidazole rings is 1. The van der Waals surface area contributed by atoms with Gasteiger partial charge in [-0.05, 0) is 18.6 Å². The number of aromatic nitrogens is 2. The van der Waals surface area contributed by atoms with Crippen molar-refractivity contribution in [3.63, 3.8) is 0 Å². The third kappa shape index (κ3) is 2.34. The van der Waals surface area contributed by atoms with E-state index < -0.39 is 0 Å². The fourth-order valence-electron chi connectivity index (χ4n) is 2.24. The van der Waals surface area contributed by atoms with Crippen LogP contribution in [0.4, 0.5) is 0 Å². The average Bonchev–Trinajstić information content (AvgIpc) is 2.99. The van der Waals surface area contributed by atoms with E-state index in [2.05, 4.69) is 30.3 Å². The van der Waals surface area contributed by atoms with Crippen LogP contribution >= 0.6 is 0 Å². The predicted molar refractivity (Wildman–Crippen MR) is 71.4 cm³/mol. The molecule has 0 saturated heterocycles. The van der Waals surface area contributed by atoms with Crippen LogP contribution in [-0.2, 0) is 0 Å². The molecule has 2 N–H and O–H groups in total. The monoisotopic (exact) mass is 247 g/mol. The second-order valence-corrected chi connectivity index (χ2v) is 4.88. The first-order valence-electron chi connectivity index (χ1n) is 6.46. The number of rotatable bonds is 5. The van der Waals surface area contributed by atoms with Gasteiger partial charge < -0.3 is 14.7 Å². The van der Waals surface area contributed by atoms with Crippen LogP contribution in [-0.4, -0.2) is 15.6 Å². The molecule has 0 bridgehead atoms. The van der Waals surface area contributed by atoms with Crippen molar-refractivity contribution in [2.24, 2.45) is 5.73 Å². The maximum atomic E-state index is 6.26. The van der Waals surface area contributed by atoms with E-state index in [1.54, 1.807) is 6.26 Å². The van der Waals surface area contributed by atoms with E-state index in [1.807, 2.05) is 24.5 Å². The highest BCUT2D eigenvalue weighted by Crippen LogP contribution is 2.27. The number of furan rings is 1. The Kier molecular flexibility index (Phi) is 3.87. The summed E-state index contributed by atoms with van der Waals surface area (Å²) in [5, 5.41) is 0. The molecule has 0 aliphatic heterocycles. The molecule has 2 aromatic rings. The first kappa shape index (κ1) is 12.9. The van der Waals surface area contributed by atoms with Gasteiger partial charge in [-0.2, -0.15) is 0 Å². The molecule has 0 aliphatic carbocycles. The molecule has 98 valence electrons. The van der Waals surface area contributed by atoms with Crippen molar-refractivity contribution in [3.05, 3.63) is 42.4 Å². The summed E-state index contributed by atoms with van der Waals surface area (Å²) in [6, 6.07) is 3.91. The normalized spacial score (nSPS) is 14.9.